The van der Waals surface area contributed by atoms with Gasteiger partial charge in [0.15, 0.2) is 11.5 Å². The van der Waals surface area contributed by atoms with Crippen LogP contribution in [0.1, 0.15) is 12.5 Å². The SMILES string of the molecule is CC1NC(c2ccccc2)=CC1C(=O)C(=O)N1CCN(c2ccc3c(c2)OCCO3)CC1. The molecule has 1 fully saturated rings. The van der Waals surface area contributed by atoms with Gasteiger partial charge in [-0.25, -0.2) is 0 Å². The summed E-state index contributed by atoms with van der Waals surface area (Å²) in [6, 6.07) is 15.7. The fourth-order valence-electron chi connectivity index (χ4n) is 4.50. The lowest BCUT2D eigenvalue weighted by Crippen LogP contribution is -2.52. The number of rotatable bonds is 4. The molecule has 0 aromatic heterocycles. The summed E-state index contributed by atoms with van der Waals surface area (Å²) in [7, 11) is 0. The minimum atomic E-state index is -0.450. The van der Waals surface area contributed by atoms with Gasteiger partial charge in [-0.05, 0) is 30.7 Å². The molecule has 0 aliphatic carbocycles. The first kappa shape index (κ1) is 20.4. The van der Waals surface area contributed by atoms with Crippen molar-refractivity contribution in [2.45, 2.75) is 13.0 Å². The summed E-state index contributed by atoms with van der Waals surface area (Å²) >= 11 is 0. The van der Waals surface area contributed by atoms with Gasteiger partial charge >= 0.3 is 0 Å². The summed E-state index contributed by atoms with van der Waals surface area (Å²) in [6.07, 6.45) is 1.89. The van der Waals surface area contributed by atoms with Gasteiger partial charge in [-0.1, -0.05) is 30.3 Å². The molecule has 2 aromatic rings. The predicted octanol–water partition coefficient (Wildman–Crippen LogP) is 2.32. The predicted molar refractivity (Wildman–Crippen MR) is 122 cm³/mol. The van der Waals surface area contributed by atoms with Gasteiger partial charge in [0.2, 0.25) is 5.78 Å². The molecular weight excluding hydrogens is 406 g/mol. The summed E-state index contributed by atoms with van der Waals surface area (Å²) in [5.41, 5.74) is 2.97. The Bertz CT molecular complexity index is 1040. The van der Waals surface area contributed by atoms with Gasteiger partial charge in [0.1, 0.15) is 13.2 Å². The second kappa shape index (κ2) is 8.57. The van der Waals surface area contributed by atoms with Gasteiger partial charge in [0.25, 0.3) is 5.91 Å². The third-order valence-corrected chi connectivity index (χ3v) is 6.32. The van der Waals surface area contributed by atoms with E-state index in [9.17, 15) is 9.59 Å². The van der Waals surface area contributed by atoms with Crippen LogP contribution < -0.4 is 19.7 Å². The lowest BCUT2D eigenvalue weighted by molar-refractivity contribution is -0.146. The average molecular weight is 434 g/mol. The van der Waals surface area contributed by atoms with Crippen LogP contribution in [-0.2, 0) is 9.59 Å². The molecule has 1 saturated heterocycles. The zero-order chi connectivity index (χ0) is 22.1. The summed E-state index contributed by atoms with van der Waals surface area (Å²) < 4.78 is 11.3. The summed E-state index contributed by atoms with van der Waals surface area (Å²) in [6.45, 7) is 5.44. The van der Waals surface area contributed by atoms with Crippen LogP contribution in [0.2, 0.25) is 0 Å². The number of ether oxygens (including phenoxy) is 2. The maximum atomic E-state index is 13.0. The van der Waals surface area contributed by atoms with Crippen LogP contribution in [0.5, 0.6) is 11.5 Å². The van der Waals surface area contributed by atoms with Gasteiger partial charge in [-0.15, -0.1) is 0 Å². The second-order valence-corrected chi connectivity index (χ2v) is 8.38. The molecule has 166 valence electrons. The Morgan fingerprint density at radius 3 is 2.41 bits per heavy atom. The molecule has 1 amide bonds. The highest BCUT2D eigenvalue weighted by Gasteiger charge is 2.36. The minimum absolute atomic E-state index is 0.111. The smallest absolute Gasteiger partial charge is 0.290 e. The molecule has 3 aliphatic heterocycles. The van der Waals surface area contributed by atoms with Gasteiger partial charge in [-0.3, -0.25) is 9.59 Å². The van der Waals surface area contributed by atoms with E-state index in [4.69, 9.17) is 9.47 Å². The highest BCUT2D eigenvalue weighted by atomic mass is 16.6. The maximum absolute atomic E-state index is 13.0. The molecule has 7 nitrogen and oxygen atoms in total. The number of hydrogen-bond donors (Lipinski definition) is 1. The topological polar surface area (TPSA) is 71.1 Å². The summed E-state index contributed by atoms with van der Waals surface area (Å²) in [4.78, 5) is 29.9. The zero-order valence-electron chi connectivity index (χ0n) is 18.1. The summed E-state index contributed by atoms with van der Waals surface area (Å²) in [5, 5.41) is 3.35. The van der Waals surface area contributed by atoms with Gasteiger partial charge in [0, 0.05) is 49.7 Å². The van der Waals surface area contributed by atoms with Crippen molar-refractivity contribution in [1.82, 2.24) is 10.2 Å². The van der Waals surface area contributed by atoms with Crippen molar-refractivity contribution >= 4 is 23.1 Å². The number of benzene rings is 2. The maximum Gasteiger partial charge on any atom is 0.290 e. The van der Waals surface area contributed by atoms with Crippen LogP contribution >= 0.6 is 0 Å². The normalized spacial score (nSPS) is 22.2. The number of amides is 1. The van der Waals surface area contributed by atoms with E-state index in [1.807, 2.05) is 61.5 Å². The van der Waals surface area contributed by atoms with E-state index in [2.05, 4.69) is 10.2 Å². The number of Topliss-reactive ketones (excluding diaryl/α,β-unsaturated/α-hetero) is 1. The van der Waals surface area contributed by atoms with E-state index in [1.165, 1.54) is 0 Å². The highest BCUT2D eigenvalue weighted by Crippen LogP contribution is 2.34. The molecule has 1 N–H and O–H groups in total. The van der Waals surface area contributed by atoms with E-state index < -0.39 is 11.8 Å². The van der Waals surface area contributed by atoms with Gasteiger partial charge in [0.05, 0.1) is 5.92 Å². The molecule has 32 heavy (non-hydrogen) atoms. The third kappa shape index (κ3) is 3.90. The van der Waals surface area contributed by atoms with Gasteiger partial charge in [-0.2, -0.15) is 0 Å². The zero-order valence-corrected chi connectivity index (χ0v) is 18.1. The van der Waals surface area contributed by atoms with E-state index in [-0.39, 0.29) is 11.8 Å². The van der Waals surface area contributed by atoms with E-state index in [0.29, 0.717) is 39.4 Å². The molecule has 0 radical (unpaired) electrons. The van der Waals surface area contributed by atoms with Crippen LogP contribution in [0.3, 0.4) is 0 Å². The van der Waals surface area contributed by atoms with Crippen molar-refractivity contribution in [3.8, 4) is 11.5 Å². The Hall–Kier alpha value is -3.48. The molecule has 2 aromatic carbocycles. The Morgan fingerprint density at radius 1 is 0.938 bits per heavy atom. The van der Waals surface area contributed by atoms with Crippen molar-refractivity contribution in [3.05, 3.63) is 60.2 Å². The second-order valence-electron chi connectivity index (χ2n) is 8.38. The fraction of sp³-hybridized carbons (Fsp3) is 0.360. The standard InChI is InChI=1S/C25H27N3O4/c1-17-20(16-21(26-17)18-5-3-2-4-6-18)24(29)25(30)28-11-9-27(10-12-28)19-7-8-22-23(15-19)32-14-13-31-22/h2-8,15-17,20,26H,9-14H2,1H3. The molecule has 2 atom stereocenters. The van der Waals surface area contributed by atoms with Crippen molar-refractivity contribution in [2.24, 2.45) is 5.92 Å². The number of carbonyl (C=O) groups excluding carboxylic acids is 2. The van der Waals surface area contributed by atoms with Crippen LogP contribution in [0.15, 0.2) is 54.6 Å². The largest absolute Gasteiger partial charge is 0.486 e. The minimum Gasteiger partial charge on any atom is -0.486 e. The van der Waals surface area contributed by atoms with Crippen LogP contribution in [0, 0.1) is 5.92 Å². The fourth-order valence-corrected chi connectivity index (χ4v) is 4.50. The van der Waals surface area contributed by atoms with E-state index in [0.717, 1.165) is 28.4 Å². The number of nitrogens with one attached hydrogen (secondary N) is 1. The van der Waals surface area contributed by atoms with Crippen LogP contribution in [0.4, 0.5) is 5.69 Å². The number of carbonyl (C=O) groups is 2. The first-order chi connectivity index (χ1) is 15.6. The molecule has 2 unspecified atom stereocenters. The molecule has 3 aliphatic rings. The van der Waals surface area contributed by atoms with Crippen LogP contribution in [0.25, 0.3) is 5.70 Å². The molecule has 7 heteroatoms. The van der Waals surface area contributed by atoms with Crippen molar-refractivity contribution in [1.29, 1.82) is 0 Å². The Labute approximate surface area is 187 Å². The quantitative estimate of drug-likeness (QED) is 0.747. The van der Waals surface area contributed by atoms with Crippen molar-refractivity contribution < 1.29 is 19.1 Å². The Balaban J connectivity index is 1.22. The van der Waals surface area contributed by atoms with Crippen molar-refractivity contribution in [2.75, 3.05) is 44.3 Å². The number of piperazine rings is 1. The first-order valence-electron chi connectivity index (χ1n) is 11.1. The number of fused-ring (bicyclic) bond motifs is 1. The van der Waals surface area contributed by atoms with Gasteiger partial charge < -0.3 is 24.6 Å². The molecule has 3 heterocycles. The lowest BCUT2D eigenvalue weighted by Gasteiger charge is -2.36. The molecule has 0 bridgehead atoms. The van der Waals surface area contributed by atoms with Crippen LogP contribution in [-0.4, -0.2) is 62.0 Å². The van der Waals surface area contributed by atoms with E-state index >= 15 is 0 Å². The molecule has 0 saturated carbocycles. The van der Waals surface area contributed by atoms with Crippen molar-refractivity contribution in [3.63, 3.8) is 0 Å². The Morgan fingerprint density at radius 2 is 1.66 bits per heavy atom. The average Bonchev–Trinajstić information content (AvgIpc) is 3.25. The first-order valence-corrected chi connectivity index (χ1v) is 11.1. The number of anilines is 1. The number of hydrogen-bond acceptors (Lipinski definition) is 6. The lowest BCUT2D eigenvalue weighted by atomic mass is 9.97. The number of nitrogens with zero attached hydrogens (tertiary/aromatic N) is 2. The molecule has 5 rings (SSSR count). The number of ketones is 1. The monoisotopic (exact) mass is 433 g/mol. The third-order valence-electron chi connectivity index (χ3n) is 6.32. The Kier molecular flexibility index (Phi) is 5.47. The molecule has 0 spiro atoms. The summed E-state index contributed by atoms with van der Waals surface area (Å²) in [5.74, 6) is 0.334. The highest BCUT2D eigenvalue weighted by molar-refractivity contribution is 6.37. The van der Waals surface area contributed by atoms with E-state index in [1.54, 1.807) is 4.90 Å². The molecular formula is C25H27N3O4.